The zero-order chi connectivity index (χ0) is 20.2. The third-order valence-electron chi connectivity index (χ3n) is 5.70. The number of benzene rings is 2. The van der Waals surface area contributed by atoms with Gasteiger partial charge in [-0.1, -0.05) is 30.3 Å². The number of fused-ring (bicyclic) bond motifs is 1. The Labute approximate surface area is 171 Å². The minimum atomic E-state index is -0.320. The van der Waals surface area contributed by atoms with Crippen LogP contribution < -0.4 is 10.1 Å². The summed E-state index contributed by atoms with van der Waals surface area (Å²) in [5.41, 5.74) is 3.26. The molecule has 1 aliphatic heterocycles. The van der Waals surface area contributed by atoms with Gasteiger partial charge < -0.3 is 19.8 Å². The maximum atomic E-state index is 12.8. The van der Waals surface area contributed by atoms with E-state index in [9.17, 15) is 4.79 Å². The zero-order valence-electron chi connectivity index (χ0n) is 17.0. The SMILES string of the molecule is Cc1[nH]c2ccc(OC(C)C3CCCNC3)cc2c1C(=O)OCc1ccccc1. The molecule has 29 heavy (non-hydrogen) atoms. The smallest absolute Gasteiger partial charge is 0.340 e. The van der Waals surface area contributed by atoms with Crippen LogP contribution in [0.5, 0.6) is 5.75 Å². The van der Waals surface area contributed by atoms with Crippen LogP contribution in [0.2, 0.25) is 0 Å². The number of carbonyl (C=O) groups excluding carboxylic acids is 1. The van der Waals surface area contributed by atoms with E-state index in [1.54, 1.807) is 0 Å². The van der Waals surface area contributed by atoms with Gasteiger partial charge in [-0.25, -0.2) is 4.79 Å². The van der Waals surface area contributed by atoms with Crippen LogP contribution in [-0.4, -0.2) is 30.1 Å². The van der Waals surface area contributed by atoms with Crippen molar-refractivity contribution in [2.45, 2.75) is 39.4 Å². The summed E-state index contributed by atoms with van der Waals surface area (Å²) < 4.78 is 11.8. The lowest BCUT2D eigenvalue weighted by Gasteiger charge is -2.28. The van der Waals surface area contributed by atoms with Crippen LogP contribution >= 0.6 is 0 Å². The Balaban J connectivity index is 1.52. The third-order valence-corrected chi connectivity index (χ3v) is 5.70. The van der Waals surface area contributed by atoms with Crippen LogP contribution in [0.4, 0.5) is 0 Å². The van der Waals surface area contributed by atoms with Crippen molar-refractivity contribution >= 4 is 16.9 Å². The number of carbonyl (C=O) groups is 1. The molecule has 1 fully saturated rings. The van der Waals surface area contributed by atoms with E-state index in [1.165, 1.54) is 12.8 Å². The van der Waals surface area contributed by atoms with Gasteiger partial charge in [-0.3, -0.25) is 0 Å². The zero-order valence-corrected chi connectivity index (χ0v) is 17.0. The number of esters is 1. The first kappa shape index (κ1) is 19.5. The van der Waals surface area contributed by atoms with Gasteiger partial charge in [0.2, 0.25) is 0 Å². The van der Waals surface area contributed by atoms with Gasteiger partial charge in [0.05, 0.1) is 11.7 Å². The second kappa shape index (κ2) is 8.70. The molecule has 5 nitrogen and oxygen atoms in total. The molecular weight excluding hydrogens is 364 g/mol. The average Bonchev–Trinajstić information content (AvgIpc) is 3.08. The van der Waals surface area contributed by atoms with Gasteiger partial charge in [0.25, 0.3) is 0 Å². The maximum absolute atomic E-state index is 12.8. The molecule has 0 amide bonds. The number of nitrogens with one attached hydrogen (secondary N) is 2. The van der Waals surface area contributed by atoms with Crippen LogP contribution in [0.15, 0.2) is 48.5 Å². The van der Waals surface area contributed by atoms with Gasteiger partial charge in [0.15, 0.2) is 0 Å². The van der Waals surface area contributed by atoms with E-state index in [1.807, 2.05) is 55.5 Å². The van der Waals surface area contributed by atoms with Crippen LogP contribution in [-0.2, 0) is 11.3 Å². The van der Waals surface area contributed by atoms with Gasteiger partial charge in [-0.2, -0.15) is 0 Å². The van der Waals surface area contributed by atoms with E-state index in [0.29, 0.717) is 11.5 Å². The van der Waals surface area contributed by atoms with Crippen molar-refractivity contribution in [2.24, 2.45) is 5.92 Å². The molecule has 5 heteroatoms. The highest BCUT2D eigenvalue weighted by atomic mass is 16.5. The summed E-state index contributed by atoms with van der Waals surface area (Å²) in [6, 6.07) is 15.6. The maximum Gasteiger partial charge on any atom is 0.340 e. The van der Waals surface area contributed by atoms with Crippen molar-refractivity contribution in [1.82, 2.24) is 10.3 Å². The number of aryl methyl sites for hydroxylation is 1. The van der Waals surface area contributed by atoms with Crippen LogP contribution in [0.1, 0.15) is 41.4 Å². The largest absolute Gasteiger partial charge is 0.490 e. The summed E-state index contributed by atoms with van der Waals surface area (Å²) in [5, 5.41) is 4.28. The van der Waals surface area contributed by atoms with Crippen molar-refractivity contribution < 1.29 is 14.3 Å². The lowest BCUT2D eigenvalue weighted by molar-refractivity contribution is 0.0474. The Morgan fingerprint density at radius 3 is 2.79 bits per heavy atom. The highest BCUT2D eigenvalue weighted by Gasteiger charge is 2.22. The first-order valence-electron chi connectivity index (χ1n) is 10.3. The molecule has 0 bridgehead atoms. The molecule has 1 aromatic heterocycles. The molecule has 152 valence electrons. The Kier molecular flexibility index (Phi) is 5.86. The summed E-state index contributed by atoms with van der Waals surface area (Å²) in [6.45, 7) is 6.36. The summed E-state index contributed by atoms with van der Waals surface area (Å²) in [7, 11) is 0. The first-order chi connectivity index (χ1) is 14.1. The lowest BCUT2D eigenvalue weighted by Crippen LogP contribution is -2.37. The number of piperidine rings is 1. The van der Waals surface area contributed by atoms with E-state index in [2.05, 4.69) is 17.2 Å². The fourth-order valence-corrected chi connectivity index (χ4v) is 4.03. The standard InChI is InChI=1S/C24H28N2O3/c1-16-23(24(27)28-15-18-7-4-3-5-8-18)21-13-20(10-11-22(21)26-16)29-17(2)19-9-6-12-25-14-19/h3-5,7-8,10-11,13,17,19,25-26H,6,9,12,14-15H2,1-2H3. The Morgan fingerprint density at radius 1 is 1.21 bits per heavy atom. The molecule has 2 N–H and O–H groups in total. The molecule has 3 aromatic rings. The molecule has 0 aliphatic carbocycles. The van der Waals surface area contributed by atoms with Gasteiger partial charge >= 0.3 is 5.97 Å². The third kappa shape index (κ3) is 4.46. The predicted octanol–water partition coefficient (Wildman–Crippen LogP) is 4.60. The number of rotatable bonds is 6. The van der Waals surface area contributed by atoms with E-state index < -0.39 is 0 Å². The molecule has 2 unspecified atom stereocenters. The van der Waals surface area contributed by atoms with Crippen molar-refractivity contribution in [3.8, 4) is 5.75 Å². The average molecular weight is 392 g/mol. The molecule has 0 radical (unpaired) electrons. The van der Waals surface area contributed by atoms with Gasteiger partial charge in [0.1, 0.15) is 12.4 Å². The number of hydrogen-bond acceptors (Lipinski definition) is 4. The molecular formula is C24H28N2O3. The Bertz CT molecular complexity index is 974. The van der Waals surface area contributed by atoms with E-state index >= 15 is 0 Å². The van der Waals surface area contributed by atoms with Crippen molar-refractivity contribution in [1.29, 1.82) is 0 Å². The Hall–Kier alpha value is -2.79. The first-order valence-corrected chi connectivity index (χ1v) is 10.3. The van der Waals surface area contributed by atoms with Gasteiger partial charge in [-0.05, 0) is 57.0 Å². The van der Waals surface area contributed by atoms with E-state index in [4.69, 9.17) is 9.47 Å². The van der Waals surface area contributed by atoms with Crippen LogP contribution in [0.25, 0.3) is 10.9 Å². The summed E-state index contributed by atoms with van der Waals surface area (Å²) in [4.78, 5) is 16.1. The lowest BCUT2D eigenvalue weighted by atomic mass is 9.94. The van der Waals surface area contributed by atoms with Gasteiger partial charge in [0, 0.05) is 29.1 Å². The quantitative estimate of drug-likeness (QED) is 0.602. The molecule has 0 spiro atoms. The fourth-order valence-electron chi connectivity index (χ4n) is 4.03. The summed E-state index contributed by atoms with van der Waals surface area (Å²) in [5.74, 6) is 0.966. The number of H-pyrrole nitrogens is 1. The van der Waals surface area contributed by atoms with Crippen molar-refractivity contribution in [2.75, 3.05) is 13.1 Å². The number of aromatic nitrogens is 1. The topological polar surface area (TPSA) is 63.3 Å². The molecule has 4 rings (SSSR count). The van der Waals surface area contributed by atoms with E-state index in [-0.39, 0.29) is 18.7 Å². The minimum Gasteiger partial charge on any atom is -0.490 e. The number of ether oxygens (including phenoxy) is 2. The van der Waals surface area contributed by atoms with Crippen molar-refractivity contribution in [3.63, 3.8) is 0 Å². The minimum absolute atomic E-state index is 0.119. The summed E-state index contributed by atoms with van der Waals surface area (Å²) >= 11 is 0. The molecule has 2 atom stereocenters. The highest BCUT2D eigenvalue weighted by molar-refractivity contribution is 6.05. The Morgan fingerprint density at radius 2 is 2.03 bits per heavy atom. The van der Waals surface area contributed by atoms with Crippen LogP contribution in [0.3, 0.4) is 0 Å². The van der Waals surface area contributed by atoms with Crippen molar-refractivity contribution in [3.05, 3.63) is 65.4 Å². The molecule has 2 heterocycles. The second-order valence-corrected chi connectivity index (χ2v) is 7.82. The fraction of sp³-hybridized carbons (Fsp3) is 0.375. The molecule has 1 aliphatic rings. The monoisotopic (exact) mass is 392 g/mol. The van der Waals surface area contributed by atoms with Gasteiger partial charge in [-0.15, -0.1) is 0 Å². The number of aromatic amines is 1. The van der Waals surface area contributed by atoms with E-state index in [0.717, 1.165) is 41.0 Å². The normalized spacial score (nSPS) is 17.8. The van der Waals surface area contributed by atoms with Crippen LogP contribution in [0, 0.1) is 12.8 Å². The molecule has 0 saturated carbocycles. The molecule has 1 saturated heterocycles. The highest BCUT2D eigenvalue weighted by Crippen LogP contribution is 2.29. The molecule has 2 aromatic carbocycles. The summed E-state index contributed by atoms with van der Waals surface area (Å²) in [6.07, 6.45) is 2.48. The second-order valence-electron chi connectivity index (χ2n) is 7.82. The predicted molar refractivity (Wildman–Crippen MR) is 114 cm³/mol. The number of hydrogen-bond donors (Lipinski definition) is 2.